The Morgan fingerprint density at radius 1 is 1.25 bits per heavy atom. The molecule has 0 N–H and O–H groups in total. The van der Waals surface area contributed by atoms with Gasteiger partial charge in [0.1, 0.15) is 0 Å². The van der Waals surface area contributed by atoms with Crippen LogP contribution in [0.4, 0.5) is 5.69 Å². The lowest BCUT2D eigenvalue weighted by molar-refractivity contribution is -0.137. The lowest BCUT2D eigenvalue weighted by Crippen LogP contribution is -2.55. The summed E-state index contributed by atoms with van der Waals surface area (Å²) in [6.45, 7) is 3.30. The van der Waals surface area contributed by atoms with Crippen molar-refractivity contribution >= 4 is 29.3 Å². The molecule has 1 fully saturated rings. The summed E-state index contributed by atoms with van der Waals surface area (Å²) >= 11 is 1.38. The highest BCUT2D eigenvalue weighted by Gasteiger charge is 2.50. The fourth-order valence-corrected chi connectivity index (χ4v) is 4.21. The molecule has 1 unspecified atom stereocenters. The van der Waals surface area contributed by atoms with E-state index in [2.05, 4.69) is 0 Å². The number of thioether (sulfide) groups is 1. The summed E-state index contributed by atoms with van der Waals surface area (Å²) in [6.07, 6.45) is 2.07. The molecule has 5 heteroatoms. The molecule has 20 heavy (non-hydrogen) atoms. The molecule has 2 heterocycles. The smallest absolute Gasteiger partial charge is 0.252 e. The number of likely N-dealkylation sites (tertiary alicyclic amines) is 1. The Hall–Kier alpha value is -1.49. The van der Waals surface area contributed by atoms with Crippen molar-refractivity contribution in [3.8, 4) is 0 Å². The Morgan fingerprint density at radius 3 is 2.60 bits per heavy atom. The molecule has 0 bridgehead atoms. The van der Waals surface area contributed by atoms with Crippen molar-refractivity contribution in [1.29, 1.82) is 0 Å². The number of benzene rings is 1. The van der Waals surface area contributed by atoms with Crippen molar-refractivity contribution < 1.29 is 9.59 Å². The lowest BCUT2D eigenvalue weighted by Gasteiger charge is -2.38. The molecule has 1 atom stereocenters. The van der Waals surface area contributed by atoms with Crippen molar-refractivity contribution in [3.05, 3.63) is 24.3 Å². The lowest BCUT2D eigenvalue weighted by atomic mass is 10.1. The van der Waals surface area contributed by atoms with Crippen LogP contribution in [-0.2, 0) is 9.59 Å². The van der Waals surface area contributed by atoms with E-state index in [0.29, 0.717) is 0 Å². The van der Waals surface area contributed by atoms with Gasteiger partial charge < -0.3 is 9.80 Å². The minimum Gasteiger partial charge on any atom is -0.341 e. The van der Waals surface area contributed by atoms with Gasteiger partial charge in [-0.1, -0.05) is 23.9 Å². The van der Waals surface area contributed by atoms with E-state index >= 15 is 0 Å². The van der Waals surface area contributed by atoms with Crippen LogP contribution in [0.2, 0.25) is 0 Å². The summed E-state index contributed by atoms with van der Waals surface area (Å²) in [6, 6.07) is 7.74. The van der Waals surface area contributed by atoms with E-state index < -0.39 is 4.75 Å². The Labute approximate surface area is 123 Å². The molecule has 1 aromatic carbocycles. The number of para-hydroxylation sites is 1. The van der Waals surface area contributed by atoms with Gasteiger partial charge in [0, 0.05) is 25.0 Å². The second kappa shape index (κ2) is 4.81. The Morgan fingerprint density at radius 2 is 1.90 bits per heavy atom. The van der Waals surface area contributed by atoms with Crippen molar-refractivity contribution in [2.45, 2.75) is 29.4 Å². The monoisotopic (exact) mass is 290 g/mol. The molecular formula is C15H18N2O2S. The summed E-state index contributed by atoms with van der Waals surface area (Å²) in [5.41, 5.74) is 0.884. The van der Waals surface area contributed by atoms with Gasteiger partial charge in [-0.3, -0.25) is 9.59 Å². The van der Waals surface area contributed by atoms with Gasteiger partial charge in [-0.25, -0.2) is 0 Å². The van der Waals surface area contributed by atoms with Gasteiger partial charge >= 0.3 is 0 Å². The van der Waals surface area contributed by atoms with Crippen LogP contribution in [0.25, 0.3) is 0 Å². The number of hydrogen-bond donors (Lipinski definition) is 0. The molecule has 0 spiro atoms. The topological polar surface area (TPSA) is 40.6 Å². The fourth-order valence-electron chi connectivity index (χ4n) is 2.87. The van der Waals surface area contributed by atoms with E-state index in [-0.39, 0.29) is 11.8 Å². The predicted molar refractivity (Wildman–Crippen MR) is 79.9 cm³/mol. The average Bonchev–Trinajstić information content (AvgIpc) is 2.98. The Bertz CT molecular complexity index is 569. The first-order valence-electron chi connectivity index (χ1n) is 6.89. The maximum atomic E-state index is 12.7. The van der Waals surface area contributed by atoms with E-state index in [1.807, 2.05) is 29.2 Å². The Kier molecular flexibility index (Phi) is 3.24. The number of amides is 2. The van der Waals surface area contributed by atoms with Crippen LogP contribution < -0.4 is 4.90 Å². The first kappa shape index (κ1) is 13.5. The molecule has 2 amide bonds. The molecule has 3 rings (SSSR count). The van der Waals surface area contributed by atoms with E-state index in [1.54, 1.807) is 18.9 Å². The summed E-state index contributed by atoms with van der Waals surface area (Å²) in [5, 5.41) is 0. The maximum absolute atomic E-state index is 12.7. The van der Waals surface area contributed by atoms with Gasteiger partial charge in [0.2, 0.25) is 5.91 Å². The van der Waals surface area contributed by atoms with E-state index in [9.17, 15) is 9.59 Å². The highest BCUT2D eigenvalue weighted by atomic mass is 32.2. The van der Waals surface area contributed by atoms with Crippen molar-refractivity contribution in [2.24, 2.45) is 0 Å². The number of carbonyl (C=O) groups excluding carboxylic acids is 2. The van der Waals surface area contributed by atoms with Gasteiger partial charge in [-0.15, -0.1) is 0 Å². The second-order valence-corrected chi connectivity index (χ2v) is 6.93. The third-order valence-electron chi connectivity index (χ3n) is 4.05. The van der Waals surface area contributed by atoms with Crippen LogP contribution in [0.5, 0.6) is 0 Å². The van der Waals surface area contributed by atoms with Crippen LogP contribution in [0.3, 0.4) is 0 Å². The number of nitrogens with zero attached hydrogens (tertiary/aromatic N) is 2. The van der Waals surface area contributed by atoms with Gasteiger partial charge in [-0.2, -0.15) is 0 Å². The molecule has 1 aromatic rings. The molecule has 0 radical (unpaired) electrons. The third-order valence-corrected chi connectivity index (χ3v) is 5.38. The van der Waals surface area contributed by atoms with Crippen LogP contribution in [0, 0.1) is 0 Å². The van der Waals surface area contributed by atoms with Crippen LogP contribution in [0.1, 0.15) is 19.8 Å². The molecular weight excluding hydrogens is 272 g/mol. The molecule has 1 saturated heterocycles. The third kappa shape index (κ3) is 1.92. The Balaban J connectivity index is 1.98. The zero-order valence-corrected chi connectivity index (χ0v) is 12.6. The van der Waals surface area contributed by atoms with Gasteiger partial charge in [0.15, 0.2) is 4.75 Å². The minimum atomic E-state index is -1.03. The number of hydrogen-bond acceptors (Lipinski definition) is 3. The predicted octanol–water partition coefficient (Wildman–Crippen LogP) is 2.14. The molecule has 2 aliphatic rings. The zero-order chi connectivity index (χ0) is 14.3. The summed E-state index contributed by atoms with van der Waals surface area (Å²) in [7, 11) is 1.75. The number of fused-ring (bicyclic) bond motifs is 1. The van der Waals surface area contributed by atoms with Gasteiger partial charge in [-0.05, 0) is 31.9 Å². The highest BCUT2D eigenvalue weighted by molar-refractivity contribution is 8.02. The van der Waals surface area contributed by atoms with Crippen LogP contribution >= 0.6 is 11.8 Å². The number of carbonyl (C=O) groups is 2. The summed E-state index contributed by atoms with van der Waals surface area (Å²) in [5.74, 6) is -0.176. The number of anilines is 1. The standard InChI is InChI=1S/C15H18N2O2S/c1-15(14(19)17-9-5-6-10-17)13(18)16(2)11-7-3-4-8-12(11)20-15/h3-4,7-8H,5-6,9-10H2,1-2H3. The molecule has 0 aliphatic carbocycles. The molecule has 2 aliphatic heterocycles. The van der Waals surface area contributed by atoms with E-state index in [4.69, 9.17) is 0 Å². The molecule has 0 aromatic heterocycles. The van der Waals surface area contributed by atoms with Crippen LogP contribution in [0.15, 0.2) is 29.2 Å². The highest BCUT2D eigenvalue weighted by Crippen LogP contribution is 2.45. The first-order valence-corrected chi connectivity index (χ1v) is 7.71. The first-order chi connectivity index (χ1) is 9.54. The fraction of sp³-hybridized carbons (Fsp3) is 0.467. The SMILES string of the molecule is CN1C(=O)C(C)(C(=O)N2CCCC2)Sc2ccccc21. The maximum Gasteiger partial charge on any atom is 0.252 e. The normalized spacial score (nSPS) is 25.8. The van der Waals surface area contributed by atoms with E-state index in [0.717, 1.165) is 36.5 Å². The van der Waals surface area contributed by atoms with Gasteiger partial charge in [0.25, 0.3) is 5.91 Å². The largest absolute Gasteiger partial charge is 0.341 e. The molecule has 4 nitrogen and oxygen atoms in total. The summed E-state index contributed by atoms with van der Waals surface area (Å²) in [4.78, 5) is 29.8. The average molecular weight is 290 g/mol. The molecule has 106 valence electrons. The molecule has 0 saturated carbocycles. The van der Waals surface area contributed by atoms with Crippen molar-refractivity contribution in [2.75, 3.05) is 25.0 Å². The number of rotatable bonds is 1. The van der Waals surface area contributed by atoms with Crippen molar-refractivity contribution in [1.82, 2.24) is 4.90 Å². The van der Waals surface area contributed by atoms with Gasteiger partial charge in [0.05, 0.1) is 5.69 Å². The zero-order valence-electron chi connectivity index (χ0n) is 11.8. The summed E-state index contributed by atoms with van der Waals surface area (Å²) < 4.78 is -1.03. The second-order valence-electron chi connectivity index (χ2n) is 5.47. The quantitative estimate of drug-likeness (QED) is 0.744. The van der Waals surface area contributed by atoms with E-state index in [1.165, 1.54) is 11.8 Å². The minimum absolute atomic E-state index is 0.0497. The van der Waals surface area contributed by atoms with Crippen LogP contribution in [-0.4, -0.2) is 41.6 Å². The van der Waals surface area contributed by atoms with Crippen molar-refractivity contribution in [3.63, 3.8) is 0 Å².